The van der Waals surface area contributed by atoms with E-state index in [4.69, 9.17) is 11.1 Å². The van der Waals surface area contributed by atoms with Crippen molar-refractivity contribution >= 4 is 11.8 Å². The van der Waals surface area contributed by atoms with Crippen LogP contribution in [0.4, 0.5) is 5.95 Å². The molecule has 0 aliphatic carbocycles. The normalized spacial score (nSPS) is 10.3. The van der Waals surface area contributed by atoms with Crippen LogP contribution in [0.15, 0.2) is 30.3 Å². The zero-order valence-corrected chi connectivity index (χ0v) is 12.0. The molecule has 0 spiro atoms. The van der Waals surface area contributed by atoms with Crippen molar-refractivity contribution in [2.45, 2.75) is 20.4 Å². The Balaban J connectivity index is 2.20. The van der Waals surface area contributed by atoms with E-state index < -0.39 is 0 Å². The Morgan fingerprint density at radius 3 is 2.45 bits per heavy atom. The van der Waals surface area contributed by atoms with Gasteiger partial charge in [0.05, 0.1) is 0 Å². The topological polar surface area (TPSA) is 78.9 Å². The van der Waals surface area contributed by atoms with E-state index in [1.165, 1.54) is 0 Å². The summed E-state index contributed by atoms with van der Waals surface area (Å²) in [6.07, 6.45) is 0. The predicted octanol–water partition coefficient (Wildman–Crippen LogP) is 2.01. The number of anilines is 1. The van der Waals surface area contributed by atoms with Gasteiger partial charge in [0.1, 0.15) is 5.84 Å². The minimum atomic E-state index is 0.0807. The van der Waals surface area contributed by atoms with Crippen LogP contribution in [0.1, 0.15) is 22.5 Å². The maximum atomic E-state index is 7.47. The van der Waals surface area contributed by atoms with Crippen LogP contribution in [-0.2, 0) is 6.54 Å². The first-order chi connectivity index (χ1) is 9.45. The number of nitrogens with one attached hydrogen (secondary N) is 1. The Kier molecular flexibility index (Phi) is 3.98. The molecule has 0 saturated carbocycles. The quantitative estimate of drug-likeness (QED) is 0.657. The molecule has 0 fully saturated rings. The lowest BCUT2D eigenvalue weighted by Gasteiger charge is -2.18. The number of amidine groups is 1. The lowest BCUT2D eigenvalue weighted by Crippen LogP contribution is -2.20. The van der Waals surface area contributed by atoms with E-state index in [-0.39, 0.29) is 5.84 Å². The molecule has 3 N–H and O–H groups in total. The molecule has 0 unspecified atom stereocenters. The largest absolute Gasteiger partial charge is 0.384 e. The number of aryl methyl sites for hydroxylation is 2. The second kappa shape index (κ2) is 5.69. The van der Waals surface area contributed by atoms with E-state index in [1.54, 1.807) is 0 Å². The molecule has 0 amide bonds. The fraction of sp³-hybridized carbons (Fsp3) is 0.267. The van der Waals surface area contributed by atoms with Gasteiger partial charge < -0.3 is 10.6 Å². The van der Waals surface area contributed by atoms with Crippen LogP contribution < -0.4 is 10.6 Å². The third kappa shape index (κ3) is 3.32. The Morgan fingerprint density at radius 2 is 1.85 bits per heavy atom. The van der Waals surface area contributed by atoms with E-state index in [0.29, 0.717) is 12.5 Å². The van der Waals surface area contributed by atoms with Gasteiger partial charge in [-0.3, -0.25) is 5.41 Å². The number of benzene rings is 1. The van der Waals surface area contributed by atoms with Crippen LogP contribution in [0.5, 0.6) is 0 Å². The van der Waals surface area contributed by atoms with Crippen molar-refractivity contribution in [3.05, 3.63) is 52.8 Å². The lowest BCUT2D eigenvalue weighted by molar-refractivity contribution is 0.851. The van der Waals surface area contributed by atoms with Crippen LogP contribution >= 0.6 is 0 Å². The minimum Gasteiger partial charge on any atom is -0.384 e. The van der Waals surface area contributed by atoms with Gasteiger partial charge in [-0.2, -0.15) is 0 Å². The monoisotopic (exact) mass is 269 g/mol. The summed E-state index contributed by atoms with van der Waals surface area (Å²) in [5, 5.41) is 7.47. The first-order valence-electron chi connectivity index (χ1n) is 6.42. The molecular weight excluding hydrogens is 250 g/mol. The van der Waals surface area contributed by atoms with E-state index in [1.807, 2.05) is 56.1 Å². The average Bonchev–Trinajstić information content (AvgIpc) is 2.37. The minimum absolute atomic E-state index is 0.0807. The summed E-state index contributed by atoms with van der Waals surface area (Å²) in [6, 6.07) is 9.61. The lowest BCUT2D eigenvalue weighted by atomic mass is 10.1. The van der Waals surface area contributed by atoms with Gasteiger partial charge in [-0.15, -0.1) is 0 Å². The number of hydrogen-bond donors (Lipinski definition) is 2. The van der Waals surface area contributed by atoms with Crippen molar-refractivity contribution in [1.82, 2.24) is 9.97 Å². The first-order valence-corrected chi connectivity index (χ1v) is 6.42. The van der Waals surface area contributed by atoms with Crippen molar-refractivity contribution in [3.63, 3.8) is 0 Å². The summed E-state index contributed by atoms with van der Waals surface area (Å²) in [5.41, 5.74) is 9.23. The molecule has 0 atom stereocenters. The highest BCUT2D eigenvalue weighted by Crippen LogP contribution is 2.13. The molecule has 1 aromatic heterocycles. The van der Waals surface area contributed by atoms with Gasteiger partial charge in [0.15, 0.2) is 0 Å². The summed E-state index contributed by atoms with van der Waals surface area (Å²) < 4.78 is 0. The van der Waals surface area contributed by atoms with Crippen molar-refractivity contribution in [2.75, 3.05) is 11.9 Å². The van der Waals surface area contributed by atoms with E-state index in [0.717, 1.165) is 22.5 Å². The Hall–Kier alpha value is -2.43. The molecule has 1 heterocycles. The van der Waals surface area contributed by atoms with Crippen molar-refractivity contribution in [1.29, 1.82) is 5.41 Å². The van der Waals surface area contributed by atoms with Crippen molar-refractivity contribution in [3.8, 4) is 0 Å². The van der Waals surface area contributed by atoms with Crippen LogP contribution in [0.3, 0.4) is 0 Å². The summed E-state index contributed by atoms with van der Waals surface area (Å²) in [7, 11) is 1.95. The second-order valence-corrected chi connectivity index (χ2v) is 4.92. The molecule has 5 heteroatoms. The van der Waals surface area contributed by atoms with E-state index in [9.17, 15) is 0 Å². The molecule has 20 heavy (non-hydrogen) atoms. The molecule has 104 valence electrons. The zero-order chi connectivity index (χ0) is 14.7. The van der Waals surface area contributed by atoms with Gasteiger partial charge in [-0.05, 0) is 31.5 Å². The van der Waals surface area contributed by atoms with Gasteiger partial charge in [-0.1, -0.05) is 18.2 Å². The number of nitrogens with zero attached hydrogens (tertiary/aromatic N) is 3. The fourth-order valence-corrected chi connectivity index (χ4v) is 2.06. The van der Waals surface area contributed by atoms with Crippen LogP contribution in [-0.4, -0.2) is 22.9 Å². The molecule has 0 radical (unpaired) electrons. The molecule has 2 aromatic rings. The van der Waals surface area contributed by atoms with Crippen molar-refractivity contribution in [2.24, 2.45) is 5.73 Å². The third-order valence-corrected chi connectivity index (χ3v) is 2.97. The van der Waals surface area contributed by atoms with Gasteiger partial charge in [0.25, 0.3) is 0 Å². The van der Waals surface area contributed by atoms with Gasteiger partial charge in [0.2, 0.25) is 5.95 Å². The zero-order valence-electron chi connectivity index (χ0n) is 12.0. The van der Waals surface area contributed by atoms with Crippen LogP contribution in [0.25, 0.3) is 0 Å². The second-order valence-electron chi connectivity index (χ2n) is 4.92. The van der Waals surface area contributed by atoms with Crippen LogP contribution in [0, 0.1) is 19.3 Å². The number of rotatable bonds is 4. The summed E-state index contributed by atoms with van der Waals surface area (Å²) in [6.45, 7) is 4.59. The number of hydrogen-bond acceptors (Lipinski definition) is 4. The molecule has 0 aliphatic heterocycles. The molecule has 2 rings (SSSR count). The average molecular weight is 269 g/mol. The standard InChI is InChI=1S/C15H19N5/c1-10-7-11(2)19-15(18-10)20(3)9-12-5-4-6-13(8-12)14(16)17/h4-8H,9H2,1-3H3,(H3,16,17). The molecule has 0 saturated heterocycles. The maximum absolute atomic E-state index is 7.47. The third-order valence-electron chi connectivity index (χ3n) is 2.97. The Morgan fingerprint density at radius 1 is 1.20 bits per heavy atom. The number of aromatic nitrogens is 2. The van der Waals surface area contributed by atoms with E-state index in [2.05, 4.69) is 9.97 Å². The molecule has 0 aliphatic rings. The van der Waals surface area contributed by atoms with Crippen LogP contribution in [0.2, 0.25) is 0 Å². The summed E-state index contributed by atoms with van der Waals surface area (Å²) in [4.78, 5) is 10.9. The Bertz CT molecular complexity index is 616. The number of nitrogen functional groups attached to an aromatic ring is 1. The van der Waals surface area contributed by atoms with Gasteiger partial charge in [0, 0.05) is 30.5 Å². The SMILES string of the molecule is Cc1cc(C)nc(N(C)Cc2cccc(C(=N)N)c2)n1. The van der Waals surface area contributed by atoms with Crippen molar-refractivity contribution < 1.29 is 0 Å². The molecule has 1 aromatic carbocycles. The summed E-state index contributed by atoms with van der Waals surface area (Å²) >= 11 is 0. The highest BCUT2D eigenvalue weighted by Gasteiger charge is 2.07. The molecule has 5 nitrogen and oxygen atoms in total. The maximum Gasteiger partial charge on any atom is 0.225 e. The predicted molar refractivity (Wildman–Crippen MR) is 81.1 cm³/mol. The highest BCUT2D eigenvalue weighted by molar-refractivity contribution is 5.95. The smallest absolute Gasteiger partial charge is 0.225 e. The molecule has 0 bridgehead atoms. The fourth-order valence-electron chi connectivity index (χ4n) is 2.06. The van der Waals surface area contributed by atoms with E-state index >= 15 is 0 Å². The van der Waals surface area contributed by atoms with Gasteiger partial charge in [-0.25, -0.2) is 9.97 Å². The number of nitrogens with two attached hydrogens (primary N) is 1. The van der Waals surface area contributed by atoms with Gasteiger partial charge >= 0.3 is 0 Å². The first kappa shape index (κ1) is 14.0. The Labute approximate surface area is 119 Å². The molecular formula is C15H19N5. The summed E-state index contributed by atoms with van der Waals surface area (Å²) in [5.74, 6) is 0.785. The highest BCUT2D eigenvalue weighted by atomic mass is 15.2.